The molecular formula is C23H24N2O8. The van der Waals surface area contributed by atoms with E-state index < -0.39 is 28.4 Å². The topological polar surface area (TPSA) is 128 Å². The lowest BCUT2D eigenvalue weighted by Gasteiger charge is -2.26. The van der Waals surface area contributed by atoms with Gasteiger partial charge in [0.2, 0.25) is 0 Å². The average Bonchev–Trinajstić information content (AvgIpc) is 3.08. The Morgan fingerprint density at radius 1 is 1.09 bits per heavy atom. The Morgan fingerprint density at radius 3 is 2.45 bits per heavy atom. The Bertz CT molecular complexity index is 1110. The van der Waals surface area contributed by atoms with Crippen molar-refractivity contribution in [3.05, 3.63) is 69.3 Å². The van der Waals surface area contributed by atoms with E-state index in [2.05, 4.69) is 0 Å². The maximum Gasteiger partial charge on any atom is 0.295 e. The minimum atomic E-state index is -0.930. The fraction of sp³-hybridized carbons (Fsp3) is 0.304. The van der Waals surface area contributed by atoms with Crippen molar-refractivity contribution in [1.29, 1.82) is 0 Å². The number of methoxy groups -OCH3 is 3. The van der Waals surface area contributed by atoms with Crippen LogP contribution in [0.5, 0.6) is 11.5 Å². The highest BCUT2D eigenvalue weighted by Gasteiger charge is 2.46. The number of Topliss-reactive ketones (excluding diaryl/α,β-unsaturated/α-hetero) is 1. The summed E-state index contributed by atoms with van der Waals surface area (Å²) in [5, 5.41) is 22.2. The SMILES string of the molecule is COCCCN1C(=O)C(=O)/C(=C(/O)c2cccc([N+](=O)[O-])c2)C1c1ccc(OC)c(OC)c1. The Hall–Kier alpha value is -3.92. The molecule has 0 aliphatic carbocycles. The van der Waals surface area contributed by atoms with Gasteiger partial charge in [0.15, 0.2) is 11.5 Å². The fourth-order valence-corrected chi connectivity index (χ4v) is 3.78. The number of carbonyl (C=O) groups excluding carboxylic acids is 2. The summed E-state index contributed by atoms with van der Waals surface area (Å²) < 4.78 is 15.7. The van der Waals surface area contributed by atoms with Crippen LogP contribution >= 0.6 is 0 Å². The number of nitro groups is 1. The monoisotopic (exact) mass is 456 g/mol. The van der Waals surface area contributed by atoms with Gasteiger partial charge in [0.1, 0.15) is 5.76 Å². The van der Waals surface area contributed by atoms with Crippen molar-refractivity contribution in [1.82, 2.24) is 4.90 Å². The number of aliphatic hydroxyl groups excluding tert-OH is 1. The summed E-state index contributed by atoms with van der Waals surface area (Å²) in [6, 6.07) is 9.25. The molecule has 1 heterocycles. The molecule has 174 valence electrons. The van der Waals surface area contributed by atoms with E-state index in [1.807, 2.05) is 0 Å². The molecule has 3 rings (SSSR count). The van der Waals surface area contributed by atoms with E-state index in [1.54, 1.807) is 18.2 Å². The standard InChI is InChI=1S/C23H24N2O8/c1-31-11-5-10-24-20(14-8-9-17(32-2)18(13-14)33-3)19(22(27)23(24)28)21(26)15-6-4-7-16(12-15)25(29)30/h4,6-9,12-13,20,26H,5,10-11H2,1-3H3/b21-19+. The second-order valence-corrected chi connectivity index (χ2v) is 7.26. The van der Waals surface area contributed by atoms with E-state index in [9.17, 15) is 24.8 Å². The summed E-state index contributed by atoms with van der Waals surface area (Å²) in [5.41, 5.74) is 0.155. The number of benzene rings is 2. The van der Waals surface area contributed by atoms with E-state index >= 15 is 0 Å². The third-order valence-electron chi connectivity index (χ3n) is 5.34. The third kappa shape index (κ3) is 4.65. The number of hydrogen-bond acceptors (Lipinski definition) is 8. The number of ether oxygens (including phenoxy) is 3. The minimum Gasteiger partial charge on any atom is -0.507 e. The smallest absolute Gasteiger partial charge is 0.295 e. The van der Waals surface area contributed by atoms with Crippen molar-refractivity contribution in [2.24, 2.45) is 0 Å². The lowest BCUT2D eigenvalue weighted by Crippen LogP contribution is -2.31. The van der Waals surface area contributed by atoms with Crippen molar-refractivity contribution < 1.29 is 33.8 Å². The number of nitrogens with zero attached hydrogens (tertiary/aromatic N) is 2. The summed E-state index contributed by atoms with van der Waals surface area (Å²) in [5.74, 6) is -1.32. The normalized spacial score (nSPS) is 17.3. The highest BCUT2D eigenvalue weighted by molar-refractivity contribution is 6.46. The Morgan fingerprint density at radius 2 is 1.82 bits per heavy atom. The van der Waals surface area contributed by atoms with E-state index in [4.69, 9.17) is 14.2 Å². The predicted octanol–water partition coefficient (Wildman–Crippen LogP) is 3.07. The van der Waals surface area contributed by atoms with Gasteiger partial charge in [-0.05, 0) is 24.1 Å². The molecule has 0 saturated carbocycles. The molecule has 1 N–H and O–H groups in total. The molecule has 1 unspecified atom stereocenters. The van der Waals surface area contributed by atoms with Crippen molar-refractivity contribution in [2.45, 2.75) is 12.5 Å². The molecule has 1 aliphatic rings. The highest BCUT2D eigenvalue weighted by Crippen LogP contribution is 2.42. The largest absolute Gasteiger partial charge is 0.507 e. The van der Waals surface area contributed by atoms with Crippen LogP contribution in [0.15, 0.2) is 48.0 Å². The number of ketones is 1. The first-order valence-corrected chi connectivity index (χ1v) is 10.1. The summed E-state index contributed by atoms with van der Waals surface area (Å²) in [4.78, 5) is 37.8. The molecule has 1 amide bonds. The van der Waals surface area contributed by atoms with Gasteiger partial charge in [-0.25, -0.2) is 0 Å². The van der Waals surface area contributed by atoms with Crippen molar-refractivity contribution in [3.8, 4) is 11.5 Å². The Balaban J connectivity index is 2.18. The molecule has 1 fully saturated rings. The van der Waals surface area contributed by atoms with Crippen molar-refractivity contribution >= 4 is 23.1 Å². The number of carbonyl (C=O) groups is 2. The molecule has 2 aromatic carbocycles. The highest BCUT2D eigenvalue weighted by atomic mass is 16.6. The first-order valence-electron chi connectivity index (χ1n) is 10.1. The van der Waals surface area contributed by atoms with Crippen LogP contribution in [0.1, 0.15) is 23.6 Å². The summed E-state index contributed by atoms with van der Waals surface area (Å²) >= 11 is 0. The zero-order valence-electron chi connectivity index (χ0n) is 18.4. The number of nitro benzene ring substituents is 1. The quantitative estimate of drug-likeness (QED) is 0.152. The van der Waals surface area contributed by atoms with E-state index in [1.165, 1.54) is 44.4 Å². The Kier molecular flexibility index (Phi) is 7.29. The fourth-order valence-electron chi connectivity index (χ4n) is 3.78. The molecule has 33 heavy (non-hydrogen) atoms. The van der Waals surface area contributed by atoms with Gasteiger partial charge in [0, 0.05) is 38.0 Å². The first-order chi connectivity index (χ1) is 15.8. The zero-order valence-corrected chi connectivity index (χ0v) is 18.4. The van der Waals surface area contributed by atoms with Crippen LogP contribution in [0.25, 0.3) is 5.76 Å². The van der Waals surface area contributed by atoms with E-state index in [-0.39, 0.29) is 23.4 Å². The van der Waals surface area contributed by atoms with Crippen LogP contribution in [0.4, 0.5) is 5.69 Å². The number of non-ortho nitro benzene ring substituents is 1. The lowest BCUT2D eigenvalue weighted by molar-refractivity contribution is -0.384. The molecule has 10 heteroatoms. The summed E-state index contributed by atoms with van der Waals surface area (Å²) in [6.07, 6.45) is 0.462. The maximum atomic E-state index is 13.0. The van der Waals surface area contributed by atoms with Crippen LogP contribution in [-0.4, -0.2) is 61.1 Å². The van der Waals surface area contributed by atoms with Crippen LogP contribution in [0, 0.1) is 10.1 Å². The molecule has 1 atom stereocenters. The van der Waals surface area contributed by atoms with Gasteiger partial charge < -0.3 is 24.2 Å². The Labute approximate surface area is 190 Å². The van der Waals surface area contributed by atoms with Crippen LogP contribution in [0.2, 0.25) is 0 Å². The molecule has 0 aromatic heterocycles. The number of aliphatic hydroxyl groups is 1. The average molecular weight is 456 g/mol. The first kappa shape index (κ1) is 23.7. The summed E-state index contributed by atoms with van der Waals surface area (Å²) in [7, 11) is 4.47. The lowest BCUT2D eigenvalue weighted by atomic mass is 9.94. The number of likely N-dealkylation sites (tertiary alicyclic amines) is 1. The second kappa shape index (κ2) is 10.1. The molecular weight excluding hydrogens is 432 g/mol. The van der Waals surface area contributed by atoms with Gasteiger partial charge in [0.05, 0.1) is 30.8 Å². The predicted molar refractivity (Wildman–Crippen MR) is 118 cm³/mol. The van der Waals surface area contributed by atoms with Gasteiger partial charge >= 0.3 is 0 Å². The third-order valence-corrected chi connectivity index (χ3v) is 5.34. The van der Waals surface area contributed by atoms with Crippen LogP contribution < -0.4 is 9.47 Å². The van der Waals surface area contributed by atoms with Gasteiger partial charge in [-0.15, -0.1) is 0 Å². The van der Waals surface area contributed by atoms with Gasteiger partial charge in [-0.1, -0.05) is 18.2 Å². The van der Waals surface area contributed by atoms with E-state index in [0.717, 1.165) is 6.07 Å². The van der Waals surface area contributed by atoms with Crippen LogP contribution in [0.3, 0.4) is 0 Å². The number of amides is 1. The van der Waals surface area contributed by atoms with Gasteiger partial charge in [-0.3, -0.25) is 19.7 Å². The molecule has 1 aliphatic heterocycles. The zero-order chi connectivity index (χ0) is 24.1. The van der Waals surface area contributed by atoms with Crippen LogP contribution in [-0.2, 0) is 14.3 Å². The van der Waals surface area contributed by atoms with Gasteiger partial charge in [-0.2, -0.15) is 0 Å². The molecule has 1 saturated heterocycles. The van der Waals surface area contributed by atoms with E-state index in [0.29, 0.717) is 30.1 Å². The maximum absolute atomic E-state index is 13.0. The molecule has 2 aromatic rings. The van der Waals surface area contributed by atoms with Crippen molar-refractivity contribution in [2.75, 3.05) is 34.5 Å². The summed E-state index contributed by atoms with van der Waals surface area (Å²) in [6.45, 7) is 0.565. The molecule has 0 spiro atoms. The molecule has 0 bridgehead atoms. The second-order valence-electron chi connectivity index (χ2n) is 7.26. The van der Waals surface area contributed by atoms with Crippen molar-refractivity contribution in [3.63, 3.8) is 0 Å². The molecule has 0 radical (unpaired) electrons. The number of rotatable bonds is 9. The molecule has 10 nitrogen and oxygen atoms in total. The van der Waals surface area contributed by atoms with Gasteiger partial charge in [0.25, 0.3) is 17.4 Å². The number of hydrogen-bond donors (Lipinski definition) is 1. The minimum absolute atomic E-state index is 0.0598.